The van der Waals surface area contributed by atoms with Gasteiger partial charge >= 0.3 is 0 Å². The molecule has 1 heterocycles. The van der Waals surface area contributed by atoms with Gasteiger partial charge in [0.25, 0.3) is 5.91 Å². The molecule has 1 N–H and O–H groups in total. The van der Waals surface area contributed by atoms with Crippen molar-refractivity contribution in [3.05, 3.63) is 47.7 Å². The van der Waals surface area contributed by atoms with Gasteiger partial charge in [0, 0.05) is 12.6 Å². The van der Waals surface area contributed by atoms with Gasteiger partial charge in [-0.2, -0.15) is 0 Å². The second-order valence-electron chi connectivity index (χ2n) is 4.55. The van der Waals surface area contributed by atoms with Gasteiger partial charge in [0.05, 0.1) is 13.7 Å². The van der Waals surface area contributed by atoms with E-state index >= 15 is 0 Å². The zero-order valence-electron chi connectivity index (χ0n) is 12.7. The summed E-state index contributed by atoms with van der Waals surface area (Å²) in [7, 11) is 1.63. The Labute approximate surface area is 129 Å². The molecule has 0 saturated carbocycles. The summed E-state index contributed by atoms with van der Waals surface area (Å²) in [5.74, 6) is 0.968. The lowest BCUT2D eigenvalue weighted by molar-refractivity contribution is 0.0948. The maximum absolute atomic E-state index is 11.9. The molecule has 116 valence electrons. The fourth-order valence-electron chi connectivity index (χ4n) is 1.90. The standard InChI is InChI=1S/C16H19N3O3/c1-3-22-15-8-7-14(18-19-15)16(20)17-10-9-12-5-4-6-13(11-12)21-2/h4-8,11H,3,9-10H2,1-2H3,(H,17,20). The lowest BCUT2D eigenvalue weighted by atomic mass is 10.1. The Morgan fingerprint density at radius 2 is 2.09 bits per heavy atom. The molecular formula is C16H19N3O3. The number of aromatic nitrogens is 2. The monoisotopic (exact) mass is 301 g/mol. The summed E-state index contributed by atoms with van der Waals surface area (Å²) in [6.07, 6.45) is 0.716. The normalized spacial score (nSPS) is 10.1. The van der Waals surface area contributed by atoms with Gasteiger partial charge in [0.1, 0.15) is 5.75 Å². The fraction of sp³-hybridized carbons (Fsp3) is 0.312. The number of carbonyl (C=O) groups is 1. The molecule has 1 aromatic heterocycles. The van der Waals surface area contributed by atoms with Crippen LogP contribution in [0.2, 0.25) is 0 Å². The van der Waals surface area contributed by atoms with Crippen molar-refractivity contribution in [3.63, 3.8) is 0 Å². The number of amides is 1. The van der Waals surface area contributed by atoms with E-state index < -0.39 is 0 Å². The molecule has 0 unspecified atom stereocenters. The SMILES string of the molecule is CCOc1ccc(C(=O)NCCc2cccc(OC)c2)nn1. The second-order valence-corrected chi connectivity index (χ2v) is 4.55. The molecule has 0 aliphatic carbocycles. The molecule has 0 aliphatic rings. The number of nitrogens with one attached hydrogen (secondary N) is 1. The highest BCUT2D eigenvalue weighted by molar-refractivity contribution is 5.92. The van der Waals surface area contributed by atoms with E-state index in [1.165, 1.54) is 0 Å². The van der Waals surface area contributed by atoms with Crippen LogP contribution in [0, 0.1) is 0 Å². The van der Waals surface area contributed by atoms with E-state index in [2.05, 4.69) is 15.5 Å². The van der Waals surface area contributed by atoms with Crippen LogP contribution in [-0.2, 0) is 6.42 Å². The fourth-order valence-corrected chi connectivity index (χ4v) is 1.90. The molecule has 0 atom stereocenters. The highest BCUT2D eigenvalue weighted by Gasteiger charge is 2.08. The first kappa shape index (κ1) is 15.8. The highest BCUT2D eigenvalue weighted by Crippen LogP contribution is 2.12. The Bertz CT molecular complexity index is 614. The number of ether oxygens (including phenoxy) is 2. The van der Waals surface area contributed by atoms with Crippen LogP contribution in [0.4, 0.5) is 0 Å². The molecule has 2 rings (SSSR count). The van der Waals surface area contributed by atoms with E-state index in [0.717, 1.165) is 11.3 Å². The lowest BCUT2D eigenvalue weighted by Gasteiger charge is -2.06. The van der Waals surface area contributed by atoms with E-state index in [0.29, 0.717) is 25.5 Å². The molecular weight excluding hydrogens is 282 g/mol. The van der Waals surface area contributed by atoms with Gasteiger partial charge in [-0.1, -0.05) is 12.1 Å². The smallest absolute Gasteiger partial charge is 0.271 e. The number of rotatable bonds is 7. The van der Waals surface area contributed by atoms with Crippen molar-refractivity contribution in [2.75, 3.05) is 20.3 Å². The molecule has 0 aliphatic heterocycles. The van der Waals surface area contributed by atoms with Crippen LogP contribution in [0.15, 0.2) is 36.4 Å². The number of nitrogens with zero attached hydrogens (tertiary/aromatic N) is 2. The topological polar surface area (TPSA) is 73.3 Å². The summed E-state index contributed by atoms with van der Waals surface area (Å²) in [6, 6.07) is 11.0. The van der Waals surface area contributed by atoms with Crippen LogP contribution in [0.3, 0.4) is 0 Å². The minimum absolute atomic E-state index is 0.251. The Hall–Kier alpha value is -2.63. The first-order valence-corrected chi connectivity index (χ1v) is 7.10. The largest absolute Gasteiger partial charge is 0.497 e. The van der Waals surface area contributed by atoms with Crippen molar-refractivity contribution in [2.45, 2.75) is 13.3 Å². The van der Waals surface area contributed by atoms with Gasteiger partial charge in [-0.15, -0.1) is 10.2 Å². The number of hydrogen-bond donors (Lipinski definition) is 1. The van der Waals surface area contributed by atoms with Gasteiger partial charge in [0.2, 0.25) is 5.88 Å². The summed E-state index contributed by atoms with van der Waals surface area (Å²) >= 11 is 0. The molecule has 6 heteroatoms. The molecule has 0 spiro atoms. The van der Waals surface area contributed by atoms with Crippen LogP contribution in [-0.4, -0.2) is 36.4 Å². The van der Waals surface area contributed by atoms with Crippen molar-refractivity contribution in [1.82, 2.24) is 15.5 Å². The summed E-state index contributed by atoms with van der Waals surface area (Å²) in [5.41, 5.74) is 1.37. The minimum Gasteiger partial charge on any atom is -0.497 e. The number of carbonyl (C=O) groups excluding carboxylic acids is 1. The van der Waals surface area contributed by atoms with Gasteiger partial charge in [-0.05, 0) is 37.1 Å². The molecule has 0 radical (unpaired) electrons. The second kappa shape index (κ2) is 7.97. The Kier molecular flexibility index (Phi) is 5.71. The zero-order valence-corrected chi connectivity index (χ0v) is 12.7. The summed E-state index contributed by atoms with van der Waals surface area (Å²) in [4.78, 5) is 11.9. The van der Waals surface area contributed by atoms with E-state index in [1.54, 1.807) is 19.2 Å². The molecule has 2 aromatic rings. The third-order valence-electron chi connectivity index (χ3n) is 3.00. The minimum atomic E-state index is -0.251. The Balaban J connectivity index is 1.84. The average molecular weight is 301 g/mol. The van der Waals surface area contributed by atoms with Gasteiger partial charge in [0.15, 0.2) is 5.69 Å². The maximum atomic E-state index is 11.9. The first-order chi connectivity index (χ1) is 10.7. The van der Waals surface area contributed by atoms with Crippen LogP contribution in [0.25, 0.3) is 0 Å². The summed E-state index contributed by atoms with van der Waals surface area (Å²) in [5, 5.41) is 10.5. The molecule has 6 nitrogen and oxygen atoms in total. The van der Waals surface area contributed by atoms with Crippen molar-refractivity contribution in [3.8, 4) is 11.6 Å². The summed E-state index contributed by atoms with van der Waals surface area (Å²) < 4.78 is 10.3. The average Bonchev–Trinajstić information content (AvgIpc) is 2.56. The number of methoxy groups -OCH3 is 1. The van der Waals surface area contributed by atoms with Gasteiger partial charge < -0.3 is 14.8 Å². The molecule has 0 bridgehead atoms. The predicted octanol–water partition coefficient (Wildman–Crippen LogP) is 1.86. The van der Waals surface area contributed by atoms with Crippen molar-refractivity contribution >= 4 is 5.91 Å². The molecule has 1 amide bonds. The van der Waals surface area contributed by atoms with E-state index in [-0.39, 0.29) is 11.6 Å². The number of hydrogen-bond acceptors (Lipinski definition) is 5. The third kappa shape index (κ3) is 4.44. The molecule has 0 fully saturated rings. The van der Waals surface area contributed by atoms with Crippen LogP contribution < -0.4 is 14.8 Å². The number of benzene rings is 1. The first-order valence-electron chi connectivity index (χ1n) is 7.10. The Morgan fingerprint density at radius 1 is 1.23 bits per heavy atom. The van der Waals surface area contributed by atoms with Crippen LogP contribution >= 0.6 is 0 Å². The highest BCUT2D eigenvalue weighted by atomic mass is 16.5. The lowest BCUT2D eigenvalue weighted by Crippen LogP contribution is -2.26. The van der Waals surface area contributed by atoms with E-state index in [9.17, 15) is 4.79 Å². The van der Waals surface area contributed by atoms with Crippen LogP contribution in [0.1, 0.15) is 23.0 Å². The maximum Gasteiger partial charge on any atom is 0.271 e. The summed E-state index contributed by atoms with van der Waals surface area (Å²) in [6.45, 7) is 2.89. The predicted molar refractivity (Wildman–Crippen MR) is 82.2 cm³/mol. The van der Waals surface area contributed by atoms with Crippen molar-refractivity contribution < 1.29 is 14.3 Å². The van der Waals surface area contributed by atoms with Crippen molar-refractivity contribution in [2.24, 2.45) is 0 Å². The van der Waals surface area contributed by atoms with Crippen LogP contribution in [0.5, 0.6) is 11.6 Å². The van der Waals surface area contributed by atoms with Gasteiger partial charge in [-0.3, -0.25) is 4.79 Å². The Morgan fingerprint density at radius 3 is 2.77 bits per heavy atom. The zero-order chi connectivity index (χ0) is 15.8. The molecule has 1 aromatic carbocycles. The molecule has 22 heavy (non-hydrogen) atoms. The van der Waals surface area contributed by atoms with Crippen molar-refractivity contribution in [1.29, 1.82) is 0 Å². The quantitative estimate of drug-likeness (QED) is 0.845. The van der Waals surface area contributed by atoms with E-state index in [1.807, 2.05) is 31.2 Å². The van der Waals surface area contributed by atoms with Gasteiger partial charge in [-0.25, -0.2) is 0 Å². The third-order valence-corrected chi connectivity index (χ3v) is 3.00. The van der Waals surface area contributed by atoms with E-state index in [4.69, 9.17) is 9.47 Å². The molecule has 0 saturated heterocycles.